The van der Waals surface area contributed by atoms with Gasteiger partial charge >= 0.3 is 0 Å². The van der Waals surface area contributed by atoms with Crippen LogP contribution in [0.15, 0.2) is 60.7 Å². The lowest BCUT2D eigenvalue weighted by atomic mass is 10.2. The Morgan fingerprint density at radius 2 is 1.04 bits per heavy atom. The molecule has 0 saturated heterocycles. The third kappa shape index (κ3) is 6.17. The molecule has 0 aliphatic rings. The maximum Gasteiger partial charge on any atom is 0.218 e. The predicted octanol–water partition coefficient (Wildman–Crippen LogP) is 3.36. The molecular formula is C18H26N2O4P2. The van der Waals surface area contributed by atoms with E-state index in [1.54, 1.807) is 24.3 Å². The molecule has 0 fully saturated rings. The van der Waals surface area contributed by atoms with E-state index in [9.17, 15) is 18.9 Å². The quantitative estimate of drug-likeness (QED) is 0.383. The fourth-order valence-electron chi connectivity index (χ4n) is 2.82. The van der Waals surface area contributed by atoms with E-state index in [0.717, 1.165) is 11.1 Å². The lowest BCUT2D eigenvalue weighted by molar-refractivity contribution is 0.441. The summed E-state index contributed by atoms with van der Waals surface area (Å²) < 4.78 is 24.4. The van der Waals surface area contributed by atoms with E-state index in [1.165, 1.54) is 13.3 Å². The van der Waals surface area contributed by atoms with Crippen LogP contribution in [-0.2, 0) is 9.13 Å². The van der Waals surface area contributed by atoms with Gasteiger partial charge in [0.2, 0.25) is 14.7 Å². The molecule has 0 radical (unpaired) electrons. The van der Waals surface area contributed by atoms with E-state index < -0.39 is 26.3 Å². The first-order chi connectivity index (χ1) is 12.2. The summed E-state index contributed by atoms with van der Waals surface area (Å²) >= 11 is 0. The summed E-state index contributed by atoms with van der Waals surface area (Å²) in [5.41, 5.74) is 1.48. The van der Waals surface area contributed by atoms with Crippen LogP contribution in [0.4, 0.5) is 0 Å². The van der Waals surface area contributed by atoms with Crippen LogP contribution in [0.5, 0.6) is 0 Å². The maximum absolute atomic E-state index is 12.2. The molecule has 142 valence electrons. The van der Waals surface area contributed by atoms with Crippen molar-refractivity contribution in [3.63, 3.8) is 0 Å². The second-order valence-corrected chi connectivity index (χ2v) is 11.2. The first kappa shape index (κ1) is 21.0. The van der Waals surface area contributed by atoms with Gasteiger partial charge in [-0.1, -0.05) is 60.7 Å². The number of hydrogen-bond acceptors (Lipinski definition) is 4. The molecule has 8 heteroatoms. The van der Waals surface area contributed by atoms with E-state index in [1.807, 2.05) is 36.4 Å². The molecule has 0 aliphatic carbocycles. The van der Waals surface area contributed by atoms with E-state index in [2.05, 4.69) is 10.6 Å². The molecule has 2 aromatic rings. The van der Waals surface area contributed by atoms with Gasteiger partial charge in [0.15, 0.2) is 0 Å². The van der Waals surface area contributed by atoms with Crippen LogP contribution < -0.4 is 10.6 Å². The Hall–Kier alpha value is -1.26. The normalized spacial score (nSPS) is 18.5. The molecule has 4 N–H and O–H groups in total. The van der Waals surface area contributed by atoms with Crippen molar-refractivity contribution in [2.45, 2.75) is 11.6 Å². The maximum atomic E-state index is 12.2. The number of hydrogen-bond donors (Lipinski definition) is 4. The van der Waals surface area contributed by atoms with Crippen molar-refractivity contribution < 1.29 is 18.9 Å². The van der Waals surface area contributed by atoms with Gasteiger partial charge in [0.25, 0.3) is 0 Å². The van der Waals surface area contributed by atoms with Gasteiger partial charge in [0.1, 0.15) is 11.6 Å². The summed E-state index contributed by atoms with van der Waals surface area (Å²) in [4.78, 5) is 20.1. The van der Waals surface area contributed by atoms with Crippen molar-refractivity contribution in [1.82, 2.24) is 10.6 Å². The zero-order valence-corrected chi connectivity index (χ0v) is 16.7. The zero-order valence-electron chi connectivity index (χ0n) is 14.9. The summed E-state index contributed by atoms with van der Waals surface area (Å²) in [6.07, 6.45) is 0. The summed E-state index contributed by atoms with van der Waals surface area (Å²) in [6, 6.07) is 18.2. The second-order valence-electron chi connectivity index (χ2n) is 6.42. The summed E-state index contributed by atoms with van der Waals surface area (Å²) in [5, 5.41) is 6.17. The van der Waals surface area contributed by atoms with E-state index >= 15 is 0 Å². The SMILES string of the molecule is CP(=O)(O)C(NCCNC(c1ccccc1)P(C)(=O)O)c1ccccc1. The fraction of sp³-hybridized carbons (Fsp3) is 0.333. The Kier molecular flexibility index (Phi) is 7.36. The van der Waals surface area contributed by atoms with Crippen LogP contribution in [0, 0.1) is 0 Å². The molecule has 2 rings (SSSR count). The van der Waals surface area contributed by atoms with Crippen molar-refractivity contribution >= 4 is 14.7 Å². The van der Waals surface area contributed by atoms with E-state index in [-0.39, 0.29) is 0 Å². The van der Waals surface area contributed by atoms with Gasteiger partial charge < -0.3 is 20.4 Å². The van der Waals surface area contributed by atoms with Crippen LogP contribution in [0.2, 0.25) is 0 Å². The molecule has 0 bridgehead atoms. The van der Waals surface area contributed by atoms with Crippen LogP contribution in [0.25, 0.3) is 0 Å². The minimum absolute atomic E-state index is 0.376. The highest BCUT2D eigenvalue weighted by Crippen LogP contribution is 2.51. The smallest absolute Gasteiger partial charge is 0.218 e. The number of nitrogens with one attached hydrogen (secondary N) is 2. The summed E-state index contributed by atoms with van der Waals surface area (Å²) in [7, 11) is -6.79. The van der Waals surface area contributed by atoms with Gasteiger partial charge in [-0.05, 0) is 11.1 Å². The lowest BCUT2D eigenvalue weighted by Gasteiger charge is -2.25. The first-order valence-electron chi connectivity index (χ1n) is 8.36. The van der Waals surface area contributed by atoms with Crippen molar-refractivity contribution in [2.24, 2.45) is 0 Å². The highest BCUT2D eigenvalue weighted by atomic mass is 31.2. The summed E-state index contributed by atoms with van der Waals surface area (Å²) in [5.74, 6) is -1.36. The van der Waals surface area contributed by atoms with Crippen LogP contribution in [0.1, 0.15) is 22.7 Å². The standard InChI is InChI=1S/C18H26N2O4P2/c1-25(21,22)17(15-9-5-3-6-10-15)19-13-14-20-18(26(2,23)24)16-11-7-4-8-12-16/h3-12,17-20H,13-14H2,1-2H3,(H,21,22)(H,23,24). The Labute approximate surface area is 154 Å². The molecule has 0 spiro atoms. The zero-order chi connectivity index (χ0) is 19.2. The minimum Gasteiger partial charge on any atom is -0.343 e. The third-order valence-corrected chi connectivity index (χ3v) is 6.87. The molecule has 4 unspecified atom stereocenters. The van der Waals surface area contributed by atoms with Crippen molar-refractivity contribution in [3.8, 4) is 0 Å². The van der Waals surface area contributed by atoms with E-state index in [0.29, 0.717) is 13.1 Å². The highest BCUT2D eigenvalue weighted by Gasteiger charge is 2.28. The lowest BCUT2D eigenvalue weighted by Crippen LogP contribution is -2.32. The molecule has 6 nitrogen and oxygen atoms in total. The van der Waals surface area contributed by atoms with Crippen molar-refractivity contribution in [2.75, 3.05) is 26.4 Å². The Morgan fingerprint density at radius 3 is 1.31 bits per heavy atom. The molecule has 0 heterocycles. The Bertz CT molecular complexity index is 707. The first-order valence-corrected chi connectivity index (χ1v) is 12.7. The Balaban J connectivity index is 2.00. The topological polar surface area (TPSA) is 98.7 Å². The molecule has 4 atom stereocenters. The van der Waals surface area contributed by atoms with Crippen LogP contribution in [-0.4, -0.2) is 36.2 Å². The third-order valence-electron chi connectivity index (χ3n) is 3.99. The molecule has 0 aliphatic heterocycles. The molecule has 0 amide bonds. The van der Waals surface area contributed by atoms with Gasteiger partial charge in [-0.2, -0.15) is 0 Å². The van der Waals surface area contributed by atoms with Crippen molar-refractivity contribution in [3.05, 3.63) is 71.8 Å². The second kappa shape index (κ2) is 9.09. The minimum atomic E-state index is -3.40. The van der Waals surface area contributed by atoms with Gasteiger partial charge in [0, 0.05) is 26.4 Å². The van der Waals surface area contributed by atoms with Gasteiger partial charge in [-0.25, -0.2) is 0 Å². The number of rotatable bonds is 9. The fourth-order valence-corrected chi connectivity index (χ4v) is 5.20. The van der Waals surface area contributed by atoms with Gasteiger partial charge in [-0.15, -0.1) is 0 Å². The van der Waals surface area contributed by atoms with Gasteiger partial charge in [0.05, 0.1) is 0 Å². The van der Waals surface area contributed by atoms with E-state index in [4.69, 9.17) is 0 Å². The molecule has 26 heavy (non-hydrogen) atoms. The highest BCUT2D eigenvalue weighted by molar-refractivity contribution is 7.57. The number of benzene rings is 2. The monoisotopic (exact) mass is 396 g/mol. The molecule has 2 aromatic carbocycles. The molecule has 0 saturated carbocycles. The summed E-state index contributed by atoms with van der Waals surface area (Å²) in [6.45, 7) is 3.40. The van der Waals surface area contributed by atoms with Crippen LogP contribution >= 0.6 is 14.7 Å². The average molecular weight is 396 g/mol. The Morgan fingerprint density at radius 1 is 0.731 bits per heavy atom. The largest absolute Gasteiger partial charge is 0.343 e. The average Bonchev–Trinajstić information content (AvgIpc) is 2.57. The van der Waals surface area contributed by atoms with Gasteiger partial charge in [-0.3, -0.25) is 9.13 Å². The molecular weight excluding hydrogens is 370 g/mol. The van der Waals surface area contributed by atoms with Crippen LogP contribution in [0.3, 0.4) is 0 Å². The van der Waals surface area contributed by atoms with Crippen molar-refractivity contribution in [1.29, 1.82) is 0 Å². The molecule has 0 aromatic heterocycles. The predicted molar refractivity (Wildman–Crippen MR) is 106 cm³/mol.